The topological polar surface area (TPSA) is 68.0 Å². The molecule has 0 amide bonds. The zero-order chi connectivity index (χ0) is 15.0. The Kier molecular flexibility index (Phi) is 3.31. The van der Waals surface area contributed by atoms with Gasteiger partial charge in [0.1, 0.15) is 5.01 Å². The molecule has 0 saturated carbocycles. The lowest BCUT2D eigenvalue weighted by Crippen LogP contribution is -1.94. The summed E-state index contributed by atoms with van der Waals surface area (Å²) in [6, 6.07) is 4.97. The fourth-order valence-electron chi connectivity index (χ4n) is 1.99. The van der Waals surface area contributed by atoms with Crippen molar-refractivity contribution in [1.29, 1.82) is 0 Å². The highest BCUT2D eigenvalue weighted by Gasteiger charge is 2.07. The molecule has 106 valence electrons. The quantitative estimate of drug-likeness (QED) is 0.806. The fourth-order valence-corrected chi connectivity index (χ4v) is 2.90. The number of benzene rings is 1. The first-order valence-corrected chi connectivity index (χ1v) is 7.17. The standard InChI is InChI=1S/C15H13N3O2S/c1-9-11(8-16-18(9)2)4-6-14-17-12-5-3-10(15(19)20)7-13(12)21-14/h3-8H,1-2H3,(H,19,20). The molecule has 21 heavy (non-hydrogen) atoms. The third kappa shape index (κ3) is 2.57. The number of aromatic nitrogens is 3. The zero-order valence-electron chi connectivity index (χ0n) is 11.6. The smallest absolute Gasteiger partial charge is 0.335 e. The Bertz CT molecular complexity index is 861. The van der Waals surface area contributed by atoms with E-state index in [1.54, 1.807) is 18.2 Å². The summed E-state index contributed by atoms with van der Waals surface area (Å²) < 4.78 is 2.69. The van der Waals surface area contributed by atoms with E-state index < -0.39 is 5.97 Å². The van der Waals surface area contributed by atoms with E-state index in [1.807, 2.05) is 37.0 Å². The van der Waals surface area contributed by atoms with Crippen LogP contribution in [0.3, 0.4) is 0 Å². The van der Waals surface area contributed by atoms with Crippen LogP contribution in [0.4, 0.5) is 0 Å². The number of aryl methyl sites for hydroxylation is 1. The molecule has 3 aromatic rings. The van der Waals surface area contributed by atoms with Gasteiger partial charge in [-0.15, -0.1) is 11.3 Å². The molecule has 0 aliphatic heterocycles. The van der Waals surface area contributed by atoms with Crippen molar-refractivity contribution < 1.29 is 9.90 Å². The van der Waals surface area contributed by atoms with Crippen LogP contribution in [0.2, 0.25) is 0 Å². The first kappa shape index (κ1) is 13.5. The number of thiazole rings is 1. The van der Waals surface area contributed by atoms with Crippen LogP contribution in [0.5, 0.6) is 0 Å². The van der Waals surface area contributed by atoms with E-state index in [9.17, 15) is 4.79 Å². The molecule has 3 rings (SSSR count). The van der Waals surface area contributed by atoms with Gasteiger partial charge in [0, 0.05) is 18.3 Å². The Morgan fingerprint density at radius 1 is 1.38 bits per heavy atom. The lowest BCUT2D eigenvalue weighted by molar-refractivity contribution is 0.0697. The second-order valence-electron chi connectivity index (χ2n) is 4.68. The van der Waals surface area contributed by atoms with Crippen LogP contribution in [-0.2, 0) is 7.05 Å². The lowest BCUT2D eigenvalue weighted by atomic mass is 10.2. The maximum Gasteiger partial charge on any atom is 0.335 e. The number of carboxylic acids is 1. The number of carboxylic acid groups (broad SMARTS) is 1. The molecule has 0 fully saturated rings. The van der Waals surface area contributed by atoms with E-state index in [2.05, 4.69) is 10.1 Å². The van der Waals surface area contributed by atoms with Gasteiger partial charge in [-0.05, 0) is 37.3 Å². The van der Waals surface area contributed by atoms with Crippen LogP contribution >= 0.6 is 11.3 Å². The second kappa shape index (κ2) is 5.14. The molecular weight excluding hydrogens is 286 g/mol. The second-order valence-corrected chi connectivity index (χ2v) is 5.74. The number of aromatic carboxylic acids is 1. The third-order valence-corrected chi connectivity index (χ3v) is 4.31. The Hall–Kier alpha value is -2.47. The first-order chi connectivity index (χ1) is 10.0. The highest BCUT2D eigenvalue weighted by Crippen LogP contribution is 2.25. The summed E-state index contributed by atoms with van der Waals surface area (Å²) in [6.07, 6.45) is 5.70. The summed E-state index contributed by atoms with van der Waals surface area (Å²) in [5, 5.41) is 14.0. The maximum atomic E-state index is 11.0. The van der Waals surface area contributed by atoms with Gasteiger partial charge < -0.3 is 5.11 Å². The Morgan fingerprint density at radius 2 is 2.19 bits per heavy atom. The molecule has 0 aliphatic carbocycles. The van der Waals surface area contributed by atoms with Crippen molar-refractivity contribution >= 4 is 39.7 Å². The van der Waals surface area contributed by atoms with Crippen LogP contribution < -0.4 is 0 Å². The Balaban J connectivity index is 1.94. The summed E-state index contributed by atoms with van der Waals surface area (Å²) in [6.45, 7) is 2.00. The van der Waals surface area contributed by atoms with Crippen molar-refractivity contribution in [3.05, 3.63) is 46.2 Å². The zero-order valence-corrected chi connectivity index (χ0v) is 12.4. The molecule has 0 spiro atoms. The van der Waals surface area contributed by atoms with Crippen molar-refractivity contribution in [2.45, 2.75) is 6.92 Å². The van der Waals surface area contributed by atoms with Crippen LogP contribution in [0.15, 0.2) is 24.4 Å². The van der Waals surface area contributed by atoms with E-state index in [4.69, 9.17) is 5.11 Å². The normalized spacial score (nSPS) is 11.5. The minimum absolute atomic E-state index is 0.282. The van der Waals surface area contributed by atoms with E-state index >= 15 is 0 Å². The predicted molar refractivity (Wildman–Crippen MR) is 83.5 cm³/mol. The highest BCUT2D eigenvalue weighted by atomic mass is 32.1. The number of nitrogens with zero attached hydrogens (tertiary/aromatic N) is 3. The SMILES string of the molecule is Cc1c(C=Cc2nc3ccc(C(=O)O)cc3s2)cnn1C. The molecule has 0 atom stereocenters. The van der Waals surface area contributed by atoms with Crippen molar-refractivity contribution in [3.63, 3.8) is 0 Å². The van der Waals surface area contributed by atoms with Crippen molar-refractivity contribution in [2.75, 3.05) is 0 Å². The van der Waals surface area contributed by atoms with Gasteiger partial charge in [0.25, 0.3) is 0 Å². The van der Waals surface area contributed by atoms with Gasteiger partial charge in [0.2, 0.25) is 0 Å². The molecular formula is C15H13N3O2S. The van der Waals surface area contributed by atoms with E-state index in [0.29, 0.717) is 0 Å². The van der Waals surface area contributed by atoms with E-state index in [1.165, 1.54) is 11.3 Å². The van der Waals surface area contributed by atoms with Gasteiger partial charge in [-0.25, -0.2) is 9.78 Å². The van der Waals surface area contributed by atoms with Gasteiger partial charge in [-0.1, -0.05) is 0 Å². The van der Waals surface area contributed by atoms with Gasteiger partial charge in [0.05, 0.1) is 22.0 Å². The molecule has 0 radical (unpaired) electrons. The molecule has 0 saturated heterocycles. The molecule has 0 bridgehead atoms. The summed E-state index contributed by atoms with van der Waals surface area (Å²) in [7, 11) is 1.90. The van der Waals surface area contributed by atoms with Gasteiger partial charge in [-0.3, -0.25) is 4.68 Å². The maximum absolute atomic E-state index is 11.0. The van der Waals surface area contributed by atoms with Crippen LogP contribution in [0.1, 0.15) is 26.6 Å². The first-order valence-electron chi connectivity index (χ1n) is 6.35. The predicted octanol–water partition coefficient (Wildman–Crippen LogP) is 3.21. The molecule has 0 unspecified atom stereocenters. The number of carbonyl (C=O) groups is 1. The van der Waals surface area contributed by atoms with Gasteiger partial charge >= 0.3 is 5.97 Å². The van der Waals surface area contributed by atoms with Crippen molar-refractivity contribution in [2.24, 2.45) is 7.05 Å². The van der Waals surface area contributed by atoms with Crippen LogP contribution in [-0.4, -0.2) is 25.8 Å². The van der Waals surface area contributed by atoms with E-state index in [0.717, 1.165) is 26.5 Å². The molecule has 2 aromatic heterocycles. The van der Waals surface area contributed by atoms with E-state index in [-0.39, 0.29) is 5.56 Å². The van der Waals surface area contributed by atoms with Crippen LogP contribution in [0, 0.1) is 6.92 Å². The molecule has 1 N–H and O–H groups in total. The lowest BCUT2D eigenvalue weighted by Gasteiger charge is -1.93. The van der Waals surface area contributed by atoms with Gasteiger partial charge in [-0.2, -0.15) is 5.10 Å². The average molecular weight is 299 g/mol. The van der Waals surface area contributed by atoms with Crippen molar-refractivity contribution in [1.82, 2.24) is 14.8 Å². The summed E-state index contributed by atoms with van der Waals surface area (Å²) in [5.74, 6) is -0.923. The number of fused-ring (bicyclic) bond motifs is 1. The Morgan fingerprint density at radius 3 is 2.86 bits per heavy atom. The Labute approximate surface area is 125 Å². The monoisotopic (exact) mass is 299 g/mol. The third-order valence-electron chi connectivity index (χ3n) is 3.33. The minimum Gasteiger partial charge on any atom is -0.478 e. The molecule has 5 nitrogen and oxygen atoms in total. The minimum atomic E-state index is -0.923. The molecule has 0 aliphatic rings. The number of rotatable bonds is 3. The van der Waals surface area contributed by atoms with Crippen molar-refractivity contribution in [3.8, 4) is 0 Å². The average Bonchev–Trinajstić information content (AvgIpc) is 3.00. The summed E-state index contributed by atoms with van der Waals surface area (Å²) in [4.78, 5) is 15.4. The summed E-state index contributed by atoms with van der Waals surface area (Å²) in [5.41, 5.74) is 3.22. The highest BCUT2D eigenvalue weighted by molar-refractivity contribution is 7.19. The van der Waals surface area contributed by atoms with Crippen LogP contribution in [0.25, 0.3) is 22.4 Å². The fraction of sp³-hybridized carbons (Fsp3) is 0.133. The summed E-state index contributed by atoms with van der Waals surface area (Å²) >= 11 is 1.47. The molecule has 2 heterocycles. The molecule has 1 aromatic carbocycles. The van der Waals surface area contributed by atoms with Gasteiger partial charge in [0.15, 0.2) is 0 Å². The molecule has 6 heteroatoms. The number of hydrogen-bond acceptors (Lipinski definition) is 4. The number of hydrogen-bond donors (Lipinski definition) is 1. The largest absolute Gasteiger partial charge is 0.478 e.